The van der Waals surface area contributed by atoms with Crippen LogP contribution in [0.5, 0.6) is 5.88 Å². The van der Waals surface area contributed by atoms with Crippen molar-refractivity contribution in [1.29, 1.82) is 0 Å². The van der Waals surface area contributed by atoms with E-state index in [1.54, 1.807) is 43.7 Å². The third kappa shape index (κ3) is 4.15. The molecule has 10 heteroatoms. The molecule has 0 unspecified atom stereocenters. The van der Waals surface area contributed by atoms with Crippen LogP contribution in [0.3, 0.4) is 0 Å². The van der Waals surface area contributed by atoms with E-state index < -0.39 is 0 Å². The van der Waals surface area contributed by atoms with E-state index in [-0.39, 0.29) is 24.2 Å². The minimum absolute atomic E-state index is 0.00127. The monoisotopic (exact) mass is 373 g/mol. The van der Waals surface area contributed by atoms with E-state index in [9.17, 15) is 9.59 Å². The molecule has 1 fully saturated rings. The van der Waals surface area contributed by atoms with E-state index in [4.69, 9.17) is 4.74 Å². The summed E-state index contributed by atoms with van der Waals surface area (Å²) in [6.45, 7) is 2.44. The molecule has 1 aliphatic rings. The van der Waals surface area contributed by atoms with E-state index >= 15 is 0 Å². The van der Waals surface area contributed by atoms with Crippen molar-refractivity contribution in [2.24, 2.45) is 7.05 Å². The Labute approximate surface area is 157 Å². The second-order valence-corrected chi connectivity index (χ2v) is 6.30. The standard InChI is InChI=1S/C17H23N7O3/c1-21(16(26)13-11-22(2)20-15(13)27-3)12-14(25)23-7-9-24(10-8-23)17-18-5-4-6-19-17/h4-6,11H,7-10,12H2,1-3H3. The van der Waals surface area contributed by atoms with E-state index in [0.29, 0.717) is 37.7 Å². The van der Waals surface area contributed by atoms with Gasteiger partial charge in [0.2, 0.25) is 17.7 Å². The Kier molecular flexibility index (Phi) is 5.53. The number of hydrogen-bond donors (Lipinski definition) is 0. The summed E-state index contributed by atoms with van der Waals surface area (Å²) < 4.78 is 6.63. The van der Waals surface area contributed by atoms with Crippen LogP contribution in [0, 0.1) is 0 Å². The Balaban J connectivity index is 1.55. The largest absolute Gasteiger partial charge is 0.479 e. The summed E-state index contributed by atoms with van der Waals surface area (Å²) in [4.78, 5) is 38.8. The number of likely N-dealkylation sites (N-methyl/N-ethyl adjacent to an activating group) is 1. The van der Waals surface area contributed by atoms with Gasteiger partial charge in [-0.15, -0.1) is 5.10 Å². The van der Waals surface area contributed by atoms with Gasteiger partial charge in [-0.1, -0.05) is 0 Å². The highest BCUT2D eigenvalue weighted by atomic mass is 16.5. The SMILES string of the molecule is COc1nn(C)cc1C(=O)N(C)CC(=O)N1CCN(c2ncccn2)CC1. The van der Waals surface area contributed by atoms with Gasteiger partial charge in [-0.25, -0.2) is 9.97 Å². The number of nitrogens with zero attached hydrogens (tertiary/aromatic N) is 7. The third-order valence-corrected chi connectivity index (χ3v) is 4.41. The van der Waals surface area contributed by atoms with Gasteiger partial charge in [0.15, 0.2) is 0 Å². The molecule has 27 heavy (non-hydrogen) atoms. The van der Waals surface area contributed by atoms with Crippen LogP contribution in [0.2, 0.25) is 0 Å². The molecule has 0 aromatic carbocycles. The van der Waals surface area contributed by atoms with E-state index in [2.05, 4.69) is 15.1 Å². The lowest BCUT2D eigenvalue weighted by atomic mass is 10.2. The molecule has 0 spiro atoms. The summed E-state index contributed by atoms with van der Waals surface area (Å²) >= 11 is 0. The summed E-state index contributed by atoms with van der Waals surface area (Å²) in [5.74, 6) is 0.519. The number of ether oxygens (including phenoxy) is 1. The van der Waals surface area contributed by atoms with Crippen LogP contribution >= 0.6 is 0 Å². The zero-order chi connectivity index (χ0) is 19.4. The summed E-state index contributed by atoms with van der Waals surface area (Å²) in [5.41, 5.74) is 0.335. The lowest BCUT2D eigenvalue weighted by Crippen LogP contribution is -2.51. The highest BCUT2D eigenvalue weighted by Crippen LogP contribution is 2.17. The minimum atomic E-state index is -0.301. The fourth-order valence-electron chi connectivity index (χ4n) is 2.96. The molecule has 144 valence electrons. The van der Waals surface area contributed by atoms with Crippen molar-refractivity contribution in [1.82, 2.24) is 29.5 Å². The van der Waals surface area contributed by atoms with Crippen LogP contribution < -0.4 is 9.64 Å². The van der Waals surface area contributed by atoms with Gasteiger partial charge in [0, 0.05) is 58.9 Å². The Morgan fingerprint density at radius 2 is 1.85 bits per heavy atom. The second-order valence-electron chi connectivity index (χ2n) is 6.30. The van der Waals surface area contributed by atoms with Crippen molar-refractivity contribution in [3.63, 3.8) is 0 Å². The molecule has 2 aromatic rings. The Bertz CT molecular complexity index is 800. The Hall–Kier alpha value is -3.17. The van der Waals surface area contributed by atoms with Crippen LogP contribution in [0.15, 0.2) is 24.7 Å². The summed E-state index contributed by atoms with van der Waals surface area (Å²) in [6, 6.07) is 1.77. The molecule has 3 rings (SSSR count). The fraction of sp³-hybridized carbons (Fsp3) is 0.471. The Morgan fingerprint density at radius 3 is 2.48 bits per heavy atom. The molecule has 0 N–H and O–H groups in total. The topological polar surface area (TPSA) is 96.7 Å². The van der Waals surface area contributed by atoms with Crippen LogP contribution in [-0.2, 0) is 11.8 Å². The van der Waals surface area contributed by atoms with Crippen LogP contribution in [0.25, 0.3) is 0 Å². The molecule has 1 saturated heterocycles. The number of hydrogen-bond acceptors (Lipinski definition) is 7. The van der Waals surface area contributed by atoms with Crippen LogP contribution in [-0.4, -0.2) is 88.2 Å². The van der Waals surface area contributed by atoms with Crippen LogP contribution in [0.4, 0.5) is 5.95 Å². The first-order valence-corrected chi connectivity index (χ1v) is 8.62. The van der Waals surface area contributed by atoms with E-state index in [0.717, 1.165) is 0 Å². The minimum Gasteiger partial charge on any atom is -0.479 e. The number of carbonyl (C=O) groups excluding carboxylic acids is 2. The molecule has 2 amide bonds. The predicted molar refractivity (Wildman–Crippen MR) is 97.5 cm³/mol. The first-order chi connectivity index (χ1) is 13.0. The van der Waals surface area contributed by atoms with Gasteiger partial charge < -0.3 is 19.4 Å². The lowest BCUT2D eigenvalue weighted by Gasteiger charge is -2.35. The fourth-order valence-corrected chi connectivity index (χ4v) is 2.96. The normalized spacial score (nSPS) is 14.2. The average Bonchev–Trinajstić information content (AvgIpc) is 3.08. The molecule has 0 atom stereocenters. The maximum absolute atomic E-state index is 12.6. The number of anilines is 1. The first kappa shape index (κ1) is 18.6. The summed E-state index contributed by atoms with van der Waals surface area (Å²) in [7, 11) is 4.77. The first-order valence-electron chi connectivity index (χ1n) is 8.62. The number of aryl methyl sites for hydroxylation is 1. The molecular weight excluding hydrogens is 350 g/mol. The molecule has 3 heterocycles. The molecule has 0 aliphatic carbocycles. The average molecular weight is 373 g/mol. The number of carbonyl (C=O) groups is 2. The smallest absolute Gasteiger partial charge is 0.261 e. The highest BCUT2D eigenvalue weighted by Gasteiger charge is 2.26. The predicted octanol–water partition coefficient (Wildman–Crippen LogP) is -0.360. The van der Waals surface area contributed by atoms with Crippen molar-refractivity contribution >= 4 is 17.8 Å². The van der Waals surface area contributed by atoms with Crippen molar-refractivity contribution < 1.29 is 14.3 Å². The number of methoxy groups -OCH3 is 1. The summed E-state index contributed by atoms with van der Waals surface area (Å²) in [6.07, 6.45) is 4.99. The molecule has 2 aromatic heterocycles. The van der Waals surface area contributed by atoms with Crippen molar-refractivity contribution in [3.05, 3.63) is 30.2 Å². The zero-order valence-electron chi connectivity index (χ0n) is 15.7. The van der Waals surface area contributed by atoms with Gasteiger partial charge >= 0.3 is 0 Å². The molecule has 1 aliphatic heterocycles. The number of amides is 2. The van der Waals surface area contributed by atoms with Gasteiger partial charge in [0.05, 0.1) is 13.7 Å². The lowest BCUT2D eigenvalue weighted by molar-refractivity contribution is -0.132. The van der Waals surface area contributed by atoms with Crippen molar-refractivity contribution in [2.75, 3.05) is 51.8 Å². The zero-order valence-corrected chi connectivity index (χ0v) is 15.7. The molecule has 0 radical (unpaired) electrons. The molecule has 0 bridgehead atoms. The van der Waals surface area contributed by atoms with E-state index in [1.165, 1.54) is 16.7 Å². The molecule has 0 saturated carbocycles. The van der Waals surface area contributed by atoms with Gasteiger partial charge in [-0.3, -0.25) is 14.3 Å². The van der Waals surface area contributed by atoms with Gasteiger partial charge in [-0.05, 0) is 6.07 Å². The maximum atomic E-state index is 12.6. The highest BCUT2D eigenvalue weighted by molar-refractivity contribution is 5.98. The van der Waals surface area contributed by atoms with E-state index in [1.807, 2.05) is 4.90 Å². The van der Waals surface area contributed by atoms with Gasteiger partial charge in [0.1, 0.15) is 5.56 Å². The van der Waals surface area contributed by atoms with Crippen LogP contribution in [0.1, 0.15) is 10.4 Å². The number of rotatable bonds is 5. The van der Waals surface area contributed by atoms with Crippen molar-refractivity contribution in [2.45, 2.75) is 0 Å². The number of aromatic nitrogens is 4. The van der Waals surface area contributed by atoms with Gasteiger partial charge in [-0.2, -0.15) is 0 Å². The molecular formula is C17H23N7O3. The molecule has 10 nitrogen and oxygen atoms in total. The van der Waals surface area contributed by atoms with Crippen molar-refractivity contribution in [3.8, 4) is 5.88 Å². The third-order valence-electron chi connectivity index (χ3n) is 4.41. The quantitative estimate of drug-likeness (QED) is 0.706. The second kappa shape index (κ2) is 8.02. The van der Waals surface area contributed by atoms with Gasteiger partial charge in [0.25, 0.3) is 5.91 Å². The Morgan fingerprint density at radius 1 is 1.19 bits per heavy atom. The number of piperazine rings is 1. The maximum Gasteiger partial charge on any atom is 0.261 e. The summed E-state index contributed by atoms with van der Waals surface area (Å²) in [5, 5.41) is 4.07.